The minimum absolute atomic E-state index is 0.201. The first-order valence-electron chi connectivity index (χ1n) is 4.47. The summed E-state index contributed by atoms with van der Waals surface area (Å²) in [5.74, 6) is -2.93. The van der Waals surface area contributed by atoms with Gasteiger partial charge in [0, 0.05) is 0 Å². The Morgan fingerprint density at radius 1 is 1.47 bits per heavy atom. The summed E-state index contributed by atoms with van der Waals surface area (Å²) in [7, 11) is 1.11. The van der Waals surface area contributed by atoms with Crippen LogP contribution in [0.15, 0.2) is 0 Å². The molecule has 5 atom stereocenters. The van der Waals surface area contributed by atoms with E-state index in [4.69, 9.17) is 9.47 Å². The Hall–Kier alpha value is -0.730. The first-order valence-corrected chi connectivity index (χ1v) is 4.47. The number of methoxy groups -OCH3 is 1. The van der Waals surface area contributed by atoms with Crippen LogP contribution in [0.1, 0.15) is 0 Å². The van der Waals surface area contributed by atoms with Gasteiger partial charge in [-0.3, -0.25) is 0 Å². The van der Waals surface area contributed by atoms with Crippen LogP contribution in [0.2, 0.25) is 0 Å². The van der Waals surface area contributed by atoms with E-state index in [1.807, 2.05) is 0 Å². The zero-order valence-corrected chi connectivity index (χ0v) is 7.99. The lowest BCUT2D eigenvalue weighted by Crippen LogP contribution is -2.55. The first kappa shape index (κ1) is 10.8. The van der Waals surface area contributed by atoms with Crippen LogP contribution in [0.5, 0.6) is 0 Å². The Kier molecular flexibility index (Phi) is 2.44. The van der Waals surface area contributed by atoms with Crippen molar-refractivity contribution in [2.24, 2.45) is 0 Å². The van der Waals surface area contributed by atoms with Crippen molar-refractivity contribution in [1.29, 1.82) is 0 Å². The number of hydrogen-bond donors (Lipinski definition) is 3. The van der Waals surface area contributed by atoms with Crippen LogP contribution in [0, 0.1) is 0 Å². The van der Waals surface area contributed by atoms with Gasteiger partial charge in [0.05, 0.1) is 13.7 Å². The Bertz CT molecular complexity index is 280. The summed E-state index contributed by atoms with van der Waals surface area (Å²) in [5, 5.41) is 28.5. The maximum absolute atomic E-state index is 11.4. The Morgan fingerprint density at radius 3 is 2.73 bits per heavy atom. The molecule has 2 aliphatic rings. The third-order valence-corrected chi connectivity index (χ3v) is 2.68. The lowest BCUT2D eigenvalue weighted by molar-refractivity contribution is -0.300. The van der Waals surface area contributed by atoms with Crippen molar-refractivity contribution < 1.29 is 34.3 Å². The number of carbonyl (C=O) groups excluding carboxylic acids is 1. The molecule has 0 spiro atoms. The van der Waals surface area contributed by atoms with E-state index in [0.717, 1.165) is 7.11 Å². The highest BCUT2D eigenvalue weighted by atomic mass is 16.8. The monoisotopic (exact) mass is 220 g/mol. The molecule has 3 N–H and O–H groups in total. The van der Waals surface area contributed by atoms with Crippen molar-refractivity contribution in [1.82, 2.24) is 0 Å². The number of esters is 1. The van der Waals surface area contributed by atoms with Crippen molar-refractivity contribution in [2.75, 3.05) is 13.7 Å². The number of rotatable bonds is 1. The maximum Gasteiger partial charge on any atom is 0.369 e. The second-order valence-corrected chi connectivity index (χ2v) is 3.56. The van der Waals surface area contributed by atoms with Crippen LogP contribution < -0.4 is 0 Å². The molecule has 15 heavy (non-hydrogen) atoms. The first-order chi connectivity index (χ1) is 7.03. The van der Waals surface area contributed by atoms with E-state index in [1.165, 1.54) is 0 Å². The number of fused-ring (bicyclic) bond motifs is 2. The minimum atomic E-state index is -2.00. The van der Waals surface area contributed by atoms with Crippen LogP contribution in [0.3, 0.4) is 0 Å². The van der Waals surface area contributed by atoms with E-state index in [-0.39, 0.29) is 6.61 Å². The van der Waals surface area contributed by atoms with Crippen molar-refractivity contribution in [3.05, 3.63) is 0 Å². The van der Waals surface area contributed by atoms with E-state index in [9.17, 15) is 20.1 Å². The molecule has 0 aromatic carbocycles. The van der Waals surface area contributed by atoms with Gasteiger partial charge in [-0.2, -0.15) is 0 Å². The lowest BCUT2D eigenvalue weighted by Gasteiger charge is -2.33. The molecule has 2 rings (SSSR count). The second kappa shape index (κ2) is 3.39. The zero-order valence-electron chi connectivity index (χ0n) is 7.99. The molecule has 2 fully saturated rings. The Balaban J connectivity index is 2.31. The highest BCUT2D eigenvalue weighted by molar-refractivity contribution is 5.79. The molecule has 2 saturated heterocycles. The summed E-state index contributed by atoms with van der Waals surface area (Å²) in [5.41, 5.74) is 0. The van der Waals surface area contributed by atoms with Crippen molar-refractivity contribution >= 4 is 5.97 Å². The van der Waals surface area contributed by atoms with Crippen LogP contribution in [-0.4, -0.2) is 65.2 Å². The van der Waals surface area contributed by atoms with E-state index in [1.54, 1.807) is 0 Å². The molecule has 7 heteroatoms. The van der Waals surface area contributed by atoms with Gasteiger partial charge in [-0.15, -0.1) is 0 Å². The predicted octanol–water partition coefficient (Wildman–Crippen LogP) is -2.63. The van der Waals surface area contributed by atoms with Crippen molar-refractivity contribution in [3.8, 4) is 0 Å². The Labute approximate surface area is 85.2 Å². The van der Waals surface area contributed by atoms with Gasteiger partial charge in [0.1, 0.15) is 24.4 Å². The normalized spacial score (nSPS) is 49.1. The molecule has 0 aromatic rings. The minimum Gasteiger partial charge on any atom is -0.465 e. The molecule has 0 aromatic heterocycles. The molecule has 7 nitrogen and oxygen atoms in total. The molecule has 5 unspecified atom stereocenters. The van der Waals surface area contributed by atoms with Gasteiger partial charge in [0.2, 0.25) is 0 Å². The van der Waals surface area contributed by atoms with E-state index in [0.29, 0.717) is 0 Å². The van der Waals surface area contributed by atoms with E-state index >= 15 is 0 Å². The van der Waals surface area contributed by atoms with Gasteiger partial charge in [-0.25, -0.2) is 4.79 Å². The highest BCUT2D eigenvalue weighted by Gasteiger charge is 2.65. The third-order valence-electron chi connectivity index (χ3n) is 2.68. The lowest BCUT2D eigenvalue weighted by atomic mass is 10.0. The fourth-order valence-corrected chi connectivity index (χ4v) is 1.85. The standard InChI is InChI=1S/C8H12O7/c1-13-7(12)8-6(11)4(10)5(15-8)3(9)2-14-8/h3-6,9-11H,2H2,1H3. The number of ether oxygens (including phenoxy) is 3. The maximum atomic E-state index is 11.4. The molecule has 0 amide bonds. The summed E-state index contributed by atoms with van der Waals surface area (Å²) >= 11 is 0. The second-order valence-electron chi connectivity index (χ2n) is 3.56. The molecule has 0 aliphatic carbocycles. The molecule has 86 valence electrons. The Morgan fingerprint density at radius 2 is 2.13 bits per heavy atom. The third kappa shape index (κ3) is 1.28. The molecular weight excluding hydrogens is 208 g/mol. The van der Waals surface area contributed by atoms with Gasteiger partial charge >= 0.3 is 5.97 Å². The average Bonchev–Trinajstić information content (AvgIpc) is 2.47. The quantitative estimate of drug-likeness (QED) is 0.415. The molecular formula is C8H12O7. The van der Waals surface area contributed by atoms with Crippen LogP contribution in [0.4, 0.5) is 0 Å². The van der Waals surface area contributed by atoms with E-state index in [2.05, 4.69) is 4.74 Å². The zero-order chi connectivity index (χ0) is 11.2. The van der Waals surface area contributed by atoms with Crippen LogP contribution >= 0.6 is 0 Å². The number of aliphatic hydroxyl groups is 3. The number of carbonyl (C=O) groups is 1. The van der Waals surface area contributed by atoms with E-state index < -0.39 is 36.2 Å². The summed E-state index contributed by atoms with van der Waals surface area (Å²) in [6.45, 7) is -0.201. The van der Waals surface area contributed by atoms with Gasteiger partial charge in [0.15, 0.2) is 0 Å². The van der Waals surface area contributed by atoms with Gasteiger partial charge < -0.3 is 29.5 Å². The SMILES string of the molecule is COC(=O)C12OCC(O)C(O1)C(O)C2O. The summed E-state index contributed by atoms with van der Waals surface area (Å²) < 4.78 is 14.4. The summed E-state index contributed by atoms with van der Waals surface area (Å²) in [4.78, 5) is 11.4. The predicted molar refractivity (Wildman–Crippen MR) is 43.6 cm³/mol. The molecule has 2 bridgehead atoms. The molecule has 0 radical (unpaired) electrons. The molecule has 2 heterocycles. The summed E-state index contributed by atoms with van der Waals surface area (Å²) in [6, 6.07) is 0. The summed E-state index contributed by atoms with van der Waals surface area (Å²) in [6.07, 6.45) is -5.04. The highest BCUT2D eigenvalue weighted by Crippen LogP contribution is 2.38. The van der Waals surface area contributed by atoms with Crippen LogP contribution in [0.25, 0.3) is 0 Å². The fourth-order valence-electron chi connectivity index (χ4n) is 1.85. The van der Waals surface area contributed by atoms with Crippen LogP contribution in [-0.2, 0) is 19.0 Å². The number of aliphatic hydroxyl groups excluding tert-OH is 3. The van der Waals surface area contributed by atoms with Gasteiger partial charge in [-0.1, -0.05) is 0 Å². The largest absolute Gasteiger partial charge is 0.465 e. The average molecular weight is 220 g/mol. The molecule has 2 aliphatic heterocycles. The van der Waals surface area contributed by atoms with Gasteiger partial charge in [0.25, 0.3) is 5.79 Å². The smallest absolute Gasteiger partial charge is 0.369 e. The molecule has 0 saturated carbocycles. The van der Waals surface area contributed by atoms with Gasteiger partial charge in [-0.05, 0) is 0 Å². The van der Waals surface area contributed by atoms with Crippen molar-refractivity contribution in [3.63, 3.8) is 0 Å². The fraction of sp³-hybridized carbons (Fsp3) is 0.875. The topological polar surface area (TPSA) is 105 Å². The number of hydrogen-bond acceptors (Lipinski definition) is 7. The van der Waals surface area contributed by atoms with Crippen molar-refractivity contribution in [2.45, 2.75) is 30.2 Å².